The monoisotopic (exact) mass is 319 g/mol. The zero-order valence-corrected chi connectivity index (χ0v) is 13.0. The molecule has 0 saturated carbocycles. The Balaban J connectivity index is 2.02. The summed E-state index contributed by atoms with van der Waals surface area (Å²) in [6.07, 6.45) is 1.85. The molecular weight excluding hydrogens is 305 g/mol. The standard InChI is InChI=1S/C16H14FNOS2/c1-20-15(11-21-14-9-7-12(17)8-10-14)16(19)18-13-5-3-2-4-6-13/h2-11H,1H3,(H,18,19). The molecule has 2 aromatic rings. The molecule has 1 N–H and O–H groups in total. The van der Waals surface area contributed by atoms with Crippen LogP contribution in [0.5, 0.6) is 0 Å². The zero-order valence-electron chi connectivity index (χ0n) is 11.4. The van der Waals surface area contributed by atoms with E-state index in [1.54, 1.807) is 17.5 Å². The van der Waals surface area contributed by atoms with E-state index in [2.05, 4.69) is 5.32 Å². The van der Waals surface area contributed by atoms with Gasteiger partial charge in [-0.3, -0.25) is 4.79 Å². The SMILES string of the molecule is CSC(=CSc1ccc(F)cc1)C(=O)Nc1ccccc1. The van der Waals surface area contributed by atoms with Crippen LogP contribution >= 0.6 is 23.5 Å². The van der Waals surface area contributed by atoms with Gasteiger partial charge in [-0.05, 0) is 48.1 Å². The van der Waals surface area contributed by atoms with Crippen LogP contribution in [0.1, 0.15) is 0 Å². The second-order valence-electron chi connectivity index (χ2n) is 4.08. The minimum Gasteiger partial charge on any atom is -0.322 e. The predicted octanol–water partition coefficient (Wildman–Crippen LogP) is 4.76. The quantitative estimate of drug-likeness (QED) is 0.636. The fourth-order valence-corrected chi connectivity index (χ4v) is 2.95. The number of thioether (sulfide) groups is 2. The molecule has 0 aliphatic heterocycles. The maximum Gasteiger partial charge on any atom is 0.262 e. The Morgan fingerprint density at radius 3 is 2.38 bits per heavy atom. The highest BCUT2D eigenvalue weighted by Gasteiger charge is 2.08. The summed E-state index contributed by atoms with van der Waals surface area (Å²) in [5.74, 6) is -0.418. The van der Waals surface area contributed by atoms with Crippen LogP contribution in [0.4, 0.5) is 10.1 Å². The molecule has 0 radical (unpaired) electrons. The summed E-state index contributed by atoms with van der Waals surface area (Å²) in [5.41, 5.74) is 0.759. The summed E-state index contributed by atoms with van der Waals surface area (Å²) in [5, 5.41) is 4.61. The van der Waals surface area contributed by atoms with Crippen molar-refractivity contribution in [3.63, 3.8) is 0 Å². The highest BCUT2D eigenvalue weighted by molar-refractivity contribution is 8.06. The highest BCUT2D eigenvalue weighted by atomic mass is 32.2. The van der Waals surface area contributed by atoms with Crippen LogP contribution in [-0.2, 0) is 4.79 Å². The molecule has 0 aliphatic rings. The Labute approximate surface area is 131 Å². The second-order valence-corrected chi connectivity index (χ2v) is 5.87. The number of anilines is 1. The van der Waals surface area contributed by atoms with Crippen molar-refractivity contribution >= 4 is 35.1 Å². The lowest BCUT2D eigenvalue weighted by Crippen LogP contribution is -2.12. The van der Waals surface area contributed by atoms with Crippen LogP contribution in [-0.4, -0.2) is 12.2 Å². The van der Waals surface area contributed by atoms with Gasteiger partial charge in [0.25, 0.3) is 5.91 Å². The largest absolute Gasteiger partial charge is 0.322 e. The van der Waals surface area contributed by atoms with E-state index in [1.807, 2.05) is 36.6 Å². The van der Waals surface area contributed by atoms with Crippen LogP contribution in [0.2, 0.25) is 0 Å². The molecular formula is C16H14FNOS2. The second kappa shape index (κ2) is 7.90. The summed E-state index contributed by atoms with van der Waals surface area (Å²) >= 11 is 2.76. The first kappa shape index (κ1) is 15.7. The molecule has 0 saturated heterocycles. The summed E-state index contributed by atoms with van der Waals surface area (Å²) in [6.45, 7) is 0. The van der Waals surface area contributed by atoms with Crippen molar-refractivity contribution in [2.45, 2.75) is 4.90 Å². The van der Waals surface area contributed by atoms with E-state index in [0.29, 0.717) is 4.91 Å². The molecule has 0 fully saturated rings. The number of benzene rings is 2. The maximum atomic E-state index is 12.8. The van der Waals surface area contributed by atoms with Gasteiger partial charge in [0, 0.05) is 10.6 Å². The van der Waals surface area contributed by atoms with E-state index < -0.39 is 0 Å². The van der Waals surface area contributed by atoms with Gasteiger partial charge in [-0.15, -0.1) is 11.8 Å². The molecule has 0 aliphatic carbocycles. The van der Waals surface area contributed by atoms with Gasteiger partial charge in [0.05, 0.1) is 4.91 Å². The molecule has 0 bridgehead atoms. The normalized spacial score (nSPS) is 11.2. The van der Waals surface area contributed by atoms with E-state index in [0.717, 1.165) is 10.6 Å². The Hall–Kier alpha value is -1.72. The average molecular weight is 319 g/mol. The lowest BCUT2D eigenvalue weighted by atomic mass is 10.3. The van der Waals surface area contributed by atoms with E-state index in [4.69, 9.17) is 0 Å². The van der Waals surface area contributed by atoms with Crippen LogP contribution in [0.3, 0.4) is 0 Å². The Bertz CT molecular complexity index is 626. The summed E-state index contributed by atoms with van der Waals surface area (Å²) in [4.78, 5) is 13.6. The van der Waals surface area contributed by atoms with Crippen LogP contribution in [0.25, 0.3) is 0 Å². The third-order valence-electron chi connectivity index (χ3n) is 2.59. The fraction of sp³-hybridized carbons (Fsp3) is 0.0625. The predicted molar refractivity (Wildman–Crippen MR) is 88.9 cm³/mol. The lowest BCUT2D eigenvalue weighted by molar-refractivity contribution is -0.112. The van der Waals surface area contributed by atoms with Crippen molar-refractivity contribution in [1.82, 2.24) is 0 Å². The van der Waals surface area contributed by atoms with E-state index in [-0.39, 0.29) is 11.7 Å². The molecule has 0 spiro atoms. The maximum absolute atomic E-state index is 12.8. The van der Waals surface area contributed by atoms with Crippen molar-refractivity contribution in [3.8, 4) is 0 Å². The van der Waals surface area contributed by atoms with Crippen molar-refractivity contribution in [2.75, 3.05) is 11.6 Å². The summed E-state index contributed by atoms with van der Waals surface area (Å²) in [7, 11) is 0. The molecule has 2 aromatic carbocycles. The molecule has 5 heteroatoms. The van der Waals surface area contributed by atoms with Crippen molar-refractivity contribution in [1.29, 1.82) is 0 Å². The molecule has 2 nitrogen and oxygen atoms in total. The van der Waals surface area contributed by atoms with Crippen LogP contribution in [0, 0.1) is 5.82 Å². The van der Waals surface area contributed by atoms with Gasteiger partial charge in [-0.25, -0.2) is 4.39 Å². The Morgan fingerprint density at radius 2 is 1.76 bits per heavy atom. The van der Waals surface area contributed by atoms with Gasteiger partial charge in [-0.1, -0.05) is 30.0 Å². The van der Waals surface area contributed by atoms with Crippen molar-refractivity contribution < 1.29 is 9.18 Å². The Kier molecular flexibility index (Phi) is 5.90. The molecule has 1 amide bonds. The molecule has 108 valence electrons. The third kappa shape index (κ3) is 4.95. The molecule has 0 aromatic heterocycles. The molecule has 0 atom stereocenters. The third-order valence-corrected chi connectivity index (χ3v) is 4.38. The topological polar surface area (TPSA) is 29.1 Å². The van der Waals surface area contributed by atoms with Gasteiger partial charge < -0.3 is 5.32 Å². The van der Waals surface area contributed by atoms with Gasteiger partial charge in [0.15, 0.2) is 0 Å². The molecule has 0 unspecified atom stereocenters. The average Bonchev–Trinajstić information content (AvgIpc) is 2.51. The van der Waals surface area contributed by atoms with Gasteiger partial charge in [-0.2, -0.15) is 0 Å². The Morgan fingerprint density at radius 1 is 1.10 bits per heavy atom. The summed E-state index contributed by atoms with van der Waals surface area (Å²) in [6, 6.07) is 15.5. The van der Waals surface area contributed by atoms with Crippen molar-refractivity contribution in [3.05, 3.63) is 70.7 Å². The minimum atomic E-state index is -0.268. The number of carbonyl (C=O) groups excluding carboxylic acids is 1. The van der Waals surface area contributed by atoms with Gasteiger partial charge in [0.2, 0.25) is 0 Å². The first-order chi connectivity index (χ1) is 10.2. The van der Waals surface area contributed by atoms with E-state index in [1.165, 1.54) is 35.7 Å². The van der Waals surface area contributed by atoms with Crippen LogP contribution in [0.15, 0.2) is 69.8 Å². The molecule has 2 rings (SSSR count). The van der Waals surface area contributed by atoms with Crippen LogP contribution < -0.4 is 5.32 Å². The summed E-state index contributed by atoms with van der Waals surface area (Å²) < 4.78 is 12.8. The highest BCUT2D eigenvalue weighted by Crippen LogP contribution is 2.25. The van der Waals surface area contributed by atoms with Crippen molar-refractivity contribution in [2.24, 2.45) is 0 Å². The van der Waals surface area contributed by atoms with E-state index >= 15 is 0 Å². The first-order valence-corrected chi connectivity index (χ1v) is 8.32. The number of carbonyl (C=O) groups is 1. The number of hydrogen-bond donors (Lipinski definition) is 1. The van der Waals surface area contributed by atoms with Gasteiger partial charge >= 0.3 is 0 Å². The molecule has 0 heterocycles. The lowest BCUT2D eigenvalue weighted by Gasteiger charge is -2.06. The number of rotatable bonds is 5. The first-order valence-electron chi connectivity index (χ1n) is 6.22. The number of halogens is 1. The number of amides is 1. The zero-order chi connectivity index (χ0) is 15.1. The van der Waals surface area contributed by atoms with Gasteiger partial charge in [0.1, 0.15) is 5.82 Å². The number of nitrogens with one attached hydrogen (secondary N) is 1. The fourth-order valence-electron chi connectivity index (χ4n) is 1.54. The molecule has 21 heavy (non-hydrogen) atoms. The number of para-hydroxylation sites is 1. The van der Waals surface area contributed by atoms with E-state index in [9.17, 15) is 9.18 Å². The smallest absolute Gasteiger partial charge is 0.262 e. The minimum absolute atomic E-state index is 0.150. The number of hydrogen-bond acceptors (Lipinski definition) is 3.